The van der Waals surface area contributed by atoms with Crippen LogP contribution in [-0.4, -0.2) is 27.8 Å². The first-order valence-corrected chi connectivity index (χ1v) is 6.82. The van der Waals surface area contributed by atoms with Gasteiger partial charge in [0.05, 0.1) is 4.92 Å². The van der Waals surface area contributed by atoms with Crippen LogP contribution in [0, 0.1) is 10.1 Å². The maximum absolute atomic E-state index is 12.6. The van der Waals surface area contributed by atoms with E-state index >= 15 is 0 Å². The van der Waals surface area contributed by atoms with Crippen molar-refractivity contribution in [3.63, 3.8) is 0 Å². The van der Waals surface area contributed by atoms with Gasteiger partial charge in [-0.05, 0) is 38.3 Å². The third kappa shape index (κ3) is 2.45. The fraction of sp³-hybridized carbons (Fsp3) is 0.500. The van der Waals surface area contributed by atoms with Crippen molar-refractivity contribution in [2.45, 2.75) is 45.2 Å². The summed E-state index contributed by atoms with van der Waals surface area (Å²) in [6, 6.07) is 4.64. The van der Waals surface area contributed by atoms with E-state index in [-0.39, 0.29) is 29.4 Å². The van der Waals surface area contributed by atoms with E-state index in [9.17, 15) is 14.9 Å². The van der Waals surface area contributed by atoms with E-state index in [1.165, 1.54) is 12.1 Å². The number of hydrogen-bond acceptors (Lipinski definition) is 4. The number of nitrogens with two attached hydrogens (primary N) is 1. The standard InChI is InChI=1S/C14H19N3O3/c1-3-11-6-4-9(2)16(11)14(18)10-5-7-12(15)13(8-10)17(19)20/h5,7-9,11H,3-4,6,15H2,1-2H3. The van der Waals surface area contributed by atoms with Crippen LogP contribution in [0.3, 0.4) is 0 Å². The number of hydrogen-bond donors (Lipinski definition) is 1. The summed E-state index contributed by atoms with van der Waals surface area (Å²) in [6.07, 6.45) is 2.86. The number of rotatable bonds is 3. The molecule has 2 N–H and O–H groups in total. The topological polar surface area (TPSA) is 89.5 Å². The predicted octanol–water partition coefficient (Wildman–Crippen LogP) is 2.58. The van der Waals surface area contributed by atoms with Crippen molar-refractivity contribution in [3.8, 4) is 0 Å². The maximum atomic E-state index is 12.6. The highest BCUT2D eigenvalue weighted by molar-refractivity contribution is 5.96. The second kappa shape index (κ2) is 5.48. The number of nitro benzene ring substituents is 1. The number of likely N-dealkylation sites (tertiary alicyclic amines) is 1. The van der Waals surface area contributed by atoms with Crippen LogP contribution in [0.4, 0.5) is 11.4 Å². The minimum atomic E-state index is -0.559. The average Bonchev–Trinajstić information content (AvgIpc) is 2.79. The molecule has 1 aromatic carbocycles. The van der Waals surface area contributed by atoms with Crippen molar-refractivity contribution < 1.29 is 9.72 Å². The lowest BCUT2D eigenvalue weighted by Gasteiger charge is -2.28. The summed E-state index contributed by atoms with van der Waals surface area (Å²) in [5.41, 5.74) is 5.75. The Morgan fingerprint density at radius 3 is 2.80 bits per heavy atom. The largest absolute Gasteiger partial charge is 0.393 e. The van der Waals surface area contributed by atoms with Gasteiger partial charge < -0.3 is 10.6 Å². The van der Waals surface area contributed by atoms with Crippen LogP contribution < -0.4 is 5.73 Å². The van der Waals surface area contributed by atoms with Gasteiger partial charge in [-0.2, -0.15) is 0 Å². The lowest BCUT2D eigenvalue weighted by atomic mass is 10.1. The van der Waals surface area contributed by atoms with Crippen molar-refractivity contribution >= 4 is 17.3 Å². The smallest absolute Gasteiger partial charge is 0.292 e. The third-order valence-electron chi connectivity index (χ3n) is 3.97. The molecule has 2 unspecified atom stereocenters. The van der Waals surface area contributed by atoms with E-state index in [0.29, 0.717) is 5.56 Å². The average molecular weight is 277 g/mol. The zero-order chi connectivity index (χ0) is 14.9. The Labute approximate surface area is 117 Å². The van der Waals surface area contributed by atoms with Gasteiger partial charge >= 0.3 is 0 Å². The molecule has 0 saturated carbocycles. The molecule has 1 amide bonds. The van der Waals surface area contributed by atoms with Crippen LogP contribution in [0.25, 0.3) is 0 Å². The number of benzene rings is 1. The van der Waals surface area contributed by atoms with Gasteiger partial charge in [0, 0.05) is 23.7 Å². The van der Waals surface area contributed by atoms with E-state index in [0.717, 1.165) is 19.3 Å². The Morgan fingerprint density at radius 2 is 2.20 bits per heavy atom. The van der Waals surface area contributed by atoms with Crippen LogP contribution in [0.5, 0.6) is 0 Å². The van der Waals surface area contributed by atoms with Gasteiger partial charge in [0.15, 0.2) is 0 Å². The number of nitro groups is 1. The molecular formula is C14H19N3O3. The van der Waals surface area contributed by atoms with E-state index in [1.807, 2.05) is 11.8 Å². The molecule has 0 spiro atoms. The van der Waals surface area contributed by atoms with Gasteiger partial charge in [0.1, 0.15) is 5.69 Å². The van der Waals surface area contributed by atoms with E-state index in [4.69, 9.17) is 5.73 Å². The van der Waals surface area contributed by atoms with Gasteiger partial charge in [-0.3, -0.25) is 14.9 Å². The van der Waals surface area contributed by atoms with Crippen molar-refractivity contribution in [1.82, 2.24) is 4.90 Å². The zero-order valence-corrected chi connectivity index (χ0v) is 11.7. The lowest BCUT2D eigenvalue weighted by Crippen LogP contribution is -2.39. The highest BCUT2D eigenvalue weighted by atomic mass is 16.6. The first-order valence-electron chi connectivity index (χ1n) is 6.82. The van der Waals surface area contributed by atoms with Gasteiger partial charge in [-0.15, -0.1) is 0 Å². The summed E-state index contributed by atoms with van der Waals surface area (Å²) in [5.74, 6) is -0.148. The summed E-state index contributed by atoms with van der Waals surface area (Å²) in [6.45, 7) is 4.06. The highest BCUT2D eigenvalue weighted by Gasteiger charge is 2.34. The van der Waals surface area contributed by atoms with Crippen LogP contribution in [0.15, 0.2) is 18.2 Å². The molecule has 108 valence electrons. The normalized spacial score (nSPS) is 22.0. The van der Waals surface area contributed by atoms with Crippen LogP contribution in [-0.2, 0) is 0 Å². The third-order valence-corrected chi connectivity index (χ3v) is 3.97. The van der Waals surface area contributed by atoms with Gasteiger partial charge in [-0.1, -0.05) is 6.92 Å². The minimum absolute atomic E-state index is 0.0769. The summed E-state index contributed by atoms with van der Waals surface area (Å²) in [7, 11) is 0. The number of amides is 1. The van der Waals surface area contributed by atoms with Crippen LogP contribution in [0.2, 0.25) is 0 Å². The minimum Gasteiger partial charge on any atom is -0.393 e. The molecule has 1 saturated heterocycles. The van der Waals surface area contributed by atoms with Crippen LogP contribution >= 0.6 is 0 Å². The molecule has 0 bridgehead atoms. The number of carbonyl (C=O) groups excluding carboxylic acids is 1. The van der Waals surface area contributed by atoms with Crippen molar-refractivity contribution in [1.29, 1.82) is 0 Å². The molecule has 1 fully saturated rings. The Bertz CT molecular complexity index is 544. The summed E-state index contributed by atoms with van der Waals surface area (Å²) in [4.78, 5) is 24.8. The number of nitrogen functional groups attached to an aromatic ring is 1. The van der Waals surface area contributed by atoms with E-state index in [1.54, 1.807) is 6.07 Å². The molecular weight excluding hydrogens is 258 g/mol. The fourth-order valence-electron chi connectivity index (χ4n) is 2.82. The first-order chi connectivity index (χ1) is 9.45. The second-order valence-electron chi connectivity index (χ2n) is 5.23. The van der Waals surface area contributed by atoms with Crippen molar-refractivity contribution in [2.75, 3.05) is 5.73 Å². The predicted molar refractivity (Wildman–Crippen MR) is 76.5 cm³/mol. The van der Waals surface area contributed by atoms with Crippen LogP contribution in [0.1, 0.15) is 43.5 Å². The Hall–Kier alpha value is -2.11. The summed E-state index contributed by atoms with van der Waals surface area (Å²) in [5, 5.41) is 10.9. The molecule has 1 aliphatic heterocycles. The molecule has 20 heavy (non-hydrogen) atoms. The Morgan fingerprint density at radius 1 is 1.50 bits per heavy atom. The molecule has 2 atom stereocenters. The van der Waals surface area contributed by atoms with Gasteiger partial charge in [0.25, 0.3) is 11.6 Å². The van der Waals surface area contributed by atoms with E-state index < -0.39 is 4.92 Å². The van der Waals surface area contributed by atoms with Crippen molar-refractivity contribution in [2.24, 2.45) is 0 Å². The quantitative estimate of drug-likeness (QED) is 0.522. The Kier molecular flexibility index (Phi) is 3.92. The molecule has 0 aliphatic carbocycles. The maximum Gasteiger partial charge on any atom is 0.292 e. The zero-order valence-electron chi connectivity index (χ0n) is 11.7. The number of nitrogens with zero attached hydrogens (tertiary/aromatic N) is 2. The number of anilines is 1. The van der Waals surface area contributed by atoms with Gasteiger partial charge in [-0.25, -0.2) is 0 Å². The molecule has 0 radical (unpaired) electrons. The SMILES string of the molecule is CCC1CCC(C)N1C(=O)c1ccc(N)c([N+](=O)[O-])c1. The monoisotopic (exact) mass is 277 g/mol. The molecule has 6 nitrogen and oxygen atoms in total. The molecule has 1 aliphatic rings. The molecule has 2 rings (SSSR count). The highest BCUT2D eigenvalue weighted by Crippen LogP contribution is 2.29. The summed E-state index contributed by atoms with van der Waals surface area (Å²) >= 11 is 0. The molecule has 1 heterocycles. The van der Waals surface area contributed by atoms with Crippen molar-refractivity contribution in [3.05, 3.63) is 33.9 Å². The van der Waals surface area contributed by atoms with Gasteiger partial charge in [0.2, 0.25) is 0 Å². The first kappa shape index (κ1) is 14.3. The fourth-order valence-corrected chi connectivity index (χ4v) is 2.82. The molecule has 0 aromatic heterocycles. The molecule has 6 heteroatoms. The second-order valence-corrected chi connectivity index (χ2v) is 5.23. The number of carbonyl (C=O) groups is 1. The molecule has 1 aromatic rings. The lowest BCUT2D eigenvalue weighted by molar-refractivity contribution is -0.383. The van der Waals surface area contributed by atoms with E-state index in [2.05, 4.69) is 6.92 Å². The Balaban J connectivity index is 2.33. The summed E-state index contributed by atoms with van der Waals surface area (Å²) < 4.78 is 0.